The molecule has 1 unspecified atom stereocenters. The van der Waals surface area contributed by atoms with Gasteiger partial charge in [-0.15, -0.1) is 0 Å². The minimum Gasteiger partial charge on any atom is -0.335 e. The van der Waals surface area contributed by atoms with Crippen molar-refractivity contribution in [3.63, 3.8) is 0 Å². The molecule has 4 aliphatic carbocycles. The maximum absolute atomic E-state index is 12.0. The van der Waals surface area contributed by atoms with Crippen LogP contribution in [0, 0.1) is 23.2 Å². The topological polar surface area (TPSA) is 41.1 Å². The lowest BCUT2D eigenvalue weighted by Crippen LogP contribution is -2.56. The molecule has 0 radical (unpaired) electrons. The van der Waals surface area contributed by atoms with Gasteiger partial charge in [0, 0.05) is 12.2 Å². The second kappa shape index (κ2) is 5.09. The highest BCUT2D eigenvalue weighted by Gasteiger charge is 2.53. The summed E-state index contributed by atoms with van der Waals surface area (Å²) in [5, 5.41) is 6.03. The van der Waals surface area contributed by atoms with Crippen LogP contribution in [-0.4, -0.2) is 12.1 Å². The van der Waals surface area contributed by atoms with Crippen molar-refractivity contribution in [1.29, 1.82) is 0 Å². The molecule has 4 fully saturated rings. The van der Waals surface area contributed by atoms with Crippen LogP contribution in [0.3, 0.4) is 0 Å². The van der Waals surface area contributed by atoms with Crippen LogP contribution in [0.4, 0.5) is 4.79 Å². The summed E-state index contributed by atoms with van der Waals surface area (Å²) in [5.41, 5.74) is 1.50. The summed E-state index contributed by atoms with van der Waals surface area (Å²) >= 11 is 0. The molecule has 0 aromatic carbocycles. The molecule has 1 atom stereocenters. The van der Waals surface area contributed by atoms with E-state index in [1.54, 1.807) is 6.20 Å². The van der Waals surface area contributed by atoms with Crippen molar-refractivity contribution in [3.8, 4) is 0 Å². The van der Waals surface area contributed by atoms with Gasteiger partial charge in [-0.1, -0.05) is 5.57 Å². The van der Waals surface area contributed by atoms with Gasteiger partial charge < -0.3 is 10.6 Å². The number of urea groups is 1. The first-order valence-corrected chi connectivity index (χ1v) is 8.17. The fourth-order valence-electron chi connectivity index (χ4n) is 5.31. The predicted octanol–water partition coefficient (Wildman–Crippen LogP) is 3.81. The van der Waals surface area contributed by atoms with E-state index in [0.717, 1.165) is 23.3 Å². The van der Waals surface area contributed by atoms with Crippen LogP contribution < -0.4 is 10.6 Å². The normalized spacial score (nSPS) is 39.2. The Hall–Kier alpha value is -0.990. The van der Waals surface area contributed by atoms with Gasteiger partial charge in [-0.25, -0.2) is 4.79 Å². The van der Waals surface area contributed by atoms with E-state index in [2.05, 4.69) is 17.6 Å². The summed E-state index contributed by atoms with van der Waals surface area (Å²) in [6.45, 7) is 6.20. The van der Waals surface area contributed by atoms with Crippen LogP contribution in [0.5, 0.6) is 0 Å². The van der Waals surface area contributed by atoms with Crippen molar-refractivity contribution in [3.05, 3.63) is 11.8 Å². The van der Waals surface area contributed by atoms with Crippen molar-refractivity contribution in [2.45, 2.75) is 65.3 Å². The van der Waals surface area contributed by atoms with Gasteiger partial charge in [0.25, 0.3) is 0 Å². The minimum absolute atomic E-state index is 0.0468. The van der Waals surface area contributed by atoms with E-state index in [1.807, 2.05) is 13.8 Å². The Labute approximate surface area is 122 Å². The van der Waals surface area contributed by atoms with E-state index >= 15 is 0 Å². The Morgan fingerprint density at radius 3 is 2.05 bits per heavy atom. The molecule has 2 amide bonds. The highest BCUT2D eigenvalue weighted by atomic mass is 16.2. The van der Waals surface area contributed by atoms with Crippen LogP contribution in [0.25, 0.3) is 0 Å². The molecule has 0 aromatic heterocycles. The Morgan fingerprint density at radius 1 is 1.10 bits per heavy atom. The number of amides is 2. The molecule has 4 rings (SSSR count). The number of hydrogen-bond donors (Lipinski definition) is 2. The van der Waals surface area contributed by atoms with Crippen molar-refractivity contribution >= 4 is 6.03 Å². The zero-order valence-corrected chi connectivity index (χ0v) is 13.0. The number of allylic oxidation sites excluding steroid dienone is 1. The van der Waals surface area contributed by atoms with Crippen LogP contribution >= 0.6 is 0 Å². The molecule has 4 bridgehead atoms. The lowest BCUT2D eigenvalue weighted by molar-refractivity contribution is -0.0681. The molecular formula is C17H28N2O. The molecule has 112 valence electrons. The lowest BCUT2D eigenvalue weighted by atomic mass is 9.48. The highest BCUT2D eigenvalue weighted by Crippen LogP contribution is 2.61. The SMILES string of the molecule is CC(C)=CNC(=O)NC(C)C12CC3CC(CC(C3)C1)C2. The summed E-state index contributed by atoms with van der Waals surface area (Å²) < 4.78 is 0. The van der Waals surface area contributed by atoms with E-state index in [1.165, 1.54) is 38.5 Å². The average Bonchev–Trinajstić information content (AvgIpc) is 2.34. The van der Waals surface area contributed by atoms with Crippen LogP contribution in [0.15, 0.2) is 11.8 Å². The third-order valence-corrected chi connectivity index (χ3v) is 5.84. The highest BCUT2D eigenvalue weighted by molar-refractivity contribution is 5.75. The molecule has 3 nitrogen and oxygen atoms in total. The molecule has 0 aromatic rings. The second-order valence-electron chi connectivity index (χ2n) is 7.84. The van der Waals surface area contributed by atoms with Crippen molar-refractivity contribution in [2.24, 2.45) is 23.2 Å². The van der Waals surface area contributed by atoms with Gasteiger partial charge in [-0.05, 0) is 82.5 Å². The van der Waals surface area contributed by atoms with Crippen molar-refractivity contribution < 1.29 is 4.79 Å². The maximum atomic E-state index is 12.0. The summed E-state index contributed by atoms with van der Waals surface area (Å²) in [4.78, 5) is 12.0. The van der Waals surface area contributed by atoms with E-state index < -0.39 is 0 Å². The zero-order valence-electron chi connectivity index (χ0n) is 13.0. The minimum atomic E-state index is -0.0468. The number of carbonyl (C=O) groups is 1. The fourth-order valence-corrected chi connectivity index (χ4v) is 5.31. The first-order chi connectivity index (χ1) is 9.47. The third kappa shape index (κ3) is 2.59. The molecule has 3 heteroatoms. The summed E-state index contributed by atoms with van der Waals surface area (Å²) in [7, 11) is 0. The monoisotopic (exact) mass is 276 g/mol. The molecule has 0 aliphatic heterocycles. The quantitative estimate of drug-likeness (QED) is 0.808. The second-order valence-corrected chi connectivity index (χ2v) is 7.84. The van der Waals surface area contributed by atoms with Gasteiger partial charge in [0.2, 0.25) is 0 Å². The third-order valence-electron chi connectivity index (χ3n) is 5.84. The van der Waals surface area contributed by atoms with E-state index in [-0.39, 0.29) is 6.03 Å². The molecule has 0 heterocycles. The predicted molar refractivity (Wildman–Crippen MR) is 81.2 cm³/mol. The molecule has 2 N–H and O–H groups in total. The van der Waals surface area contributed by atoms with E-state index in [0.29, 0.717) is 11.5 Å². The van der Waals surface area contributed by atoms with Gasteiger partial charge in [0.1, 0.15) is 0 Å². The molecule has 0 saturated heterocycles. The number of nitrogens with one attached hydrogen (secondary N) is 2. The Kier molecular flexibility index (Phi) is 3.55. The molecule has 4 aliphatic rings. The van der Waals surface area contributed by atoms with Crippen molar-refractivity contribution in [1.82, 2.24) is 10.6 Å². The van der Waals surface area contributed by atoms with E-state index in [9.17, 15) is 4.79 Å². The summed E-state index contributed by atoms with van der Waals surface area (Å²) in [6.07, 6.45) is 10.2. The van der Waals surface area contributed by atoms with Gasteiger partial charge in [0.05, 0.1) is 0 Å². The summed E-state index contributed by atoms with van der Waals surface area (Å²) in [5.74, 6) is 2.81. The summed E-state index contributed by atoms with van der Waals surface area (Å²) in [6, 6.07) is 0.246. The van der Waals surface area contributed by atoms with Gasteiger partial charge in [-0.3, -0.25) is 0 Å². The van der Waals surface area contributed by atoms with E-state index in [4.69, 9.17) is 0 Å². The smallest absolute Gasteiger partial charge is 0.318 e. The maximum Gasteiger partial charge on any atom is 0.318 e. The first-order valence-electron chi connectivity index (χ1n) is 8.17. The number of hydrogen-bond acceptors (Lipinski definition) is 1. The lowest BCUT2D eigenvalue weighted by Gasteiger charge is -2.59. The molecular weight excluding hydrogens is 248 g/mol. The van der Waals surface area contributed by atoms with Crippen LogP contribution in [0.1, 0.15) is 59.3 Å². The van der Waals surface area contributed by atoms with Gasteiger partial charge in [0.15, 0.2) is 0 Å². The molecule has 4 saturated carbocycles. The average molecular weight is 276 g/mol. The fraction of sp³-hybridized carbons (Fsp3) is 0.824. The first kappa shape index (κ1) is 14.0. The van der Waals surface area contributed by atoms with Gasteiger partial charge in [-0.2, -0.15) is 0 Å². The van der Waals surface area contributed by atoms with Gasteiger partial charge >= 0.3 is 6.03 Å². The Bertz CT molecular complexity index is 387. The number of rotatable bonds is 3. The standard InChI is InChI=1S/C17H28N2O/c1-11(2)10-18-16(20)19-12(3)17-7-13-4-14(8-17)6-15(5-13)9-17/h10,12-15H,4-9H2,1-3H3,(H2,18,19,20). The molecule has 20 heavy (non-hydrogen) atoms. The van der Waals surface area contributed by atoms with Crippen LogP contribution in [0.2, 0.25) is 0 Å². The van der Waals surface area contributed by atoms with Crippen LogP contribution in [-0.2, 0) is 0 Å². The Balaban J connectivity index is 1.63. The Morgan fingerprint density at radius 2 is 1.60 bits per heavy atom. The number of carbonyl (C=O) groups excluding carboxylic acids is 1. The largest absolute Gasteiger partial charge is 0.335 e. The molecule has 0 spiro atoms. The zero-order chi connectivity index (χ0) is 14.3. The van der Waals surface area contributed by atoms with Crippen molar-refractivity contribution in [2.75, 3.05) is 0 Å².